The SMILES string of the molecule is CN(Cc1ccccn1)C(=O)C(Cl)c1ccccc1. The number of halogens is 1. The second-order valence-electron chi connectivity index (χ2n) is 4.29. The van der Waals surface area contributed by atoms with Gasteiger partial charge in [-0.3, -0.25) is 9.78 Å². The monoisotopic (exact) mass is 274 g/mol. The van der Waals surface area contributed by atoms with Crippen molar-refractivity contribution in [1.29, 1.82) is 0 Å². The topological polar surface area (TPSA) is 33.2 Å². The normalized spacial score (nSPS) is 11.9. The fourth-order valence-electron chi connectivity index (χ4n) is 1.77. The first-order valence-corrected chi connectivity index (χ1v) is 6.46. The first-order chi connectivity index (χ1) is 9.18. The highest BCUT2D eigenvalue weighted by Gasteiger charge is 2.21. The van der Waals surface area contributed by atoms with Crippen LogP contribution in [0.5, 0.6) is 0 Å². The standard InChI is InChI=1S/C15H15ClN2O/c1-18(11-13-9-5-6-10-17-13)15(19)14(16)12-7-3-2-4-8-12/h2-10,14H,11H2,1H3. The average Bonchev–Trinajstić information content (AvgIpc) is 2.47. The fraction of sp³-hybridized carbons (Fsp3) is 0.200. The van der Waals surface area contributed by atoms with Crippen LogP contribution in [-0.4, -0.2) is 22.8 Å². The number of benzene rings is 1. The van der Waals surface area contributed by atoms with Gasteiger partial charge in [0, 0.05) is 13.2 Å². The summed E-state index contributed by atoms with van der Waals surface area (Å²) >= 11 is 6.21. The van der Waals surface area contributed by atoms with Crippen molar-refractivity contribution in [1.82, 2.24) is 9.88 Å². The molecule has 4 heteroatoms. The van der Waals surface area contributed by atoms with Crippen LogP contribution < -0.4 is 0 Å². The number of aromatic nitrogens is 1. The van der Waals surface area contributed by atoms with Crippen LogP contribution in [0.1, 0.15) is 16.6 Å². The highest BCUT2D eigenvalue weighted by molar-refractivity contribution is 6.30. The fourth-order valence-corrected chi connectivity index (χ4v) is 2.08. The molecule has 1 aromatic heterocycles. The second kappa shape index (κ2) is 6.34. The van der Waals surface area contributed by atoms with Crippen LogP contribution >= 0.6 is 11.6 Å². The molecule has 1 heterocycles. The Balaban J connectivity index is 2.03. The molecule has 3 nitrogen and oxygen atoms in total. The molecular formula is C15H15ClN2O. The third kappa shape index (κ3) is 3.55. The number of hydrogen-bond acceptors (Lipinski definition) is 2. The summed E-state index contributed by atoms with van der Waals surface area (Å²) in [6, 6.07) is 15.0. The molecule has 19 heavy (non-hydrogen) atoms. The van der Waals surface area contributed by atoms with Crippen molar-refractivity contribution in [2.45, 2.75) is 11.9 Å². The average molecular weight is 275 g/mol. The maximum Gasteiger partial charge on any atom is 0.245 e. The number of nitrogens with zero attached hydrogens (tertiary/aromatic N) is 2. The number of pyridine rings is 1. The van der Waals surface area contributed by atoms with Gasteiger partial charge in [0.2, 0.25) is 5.91 Å². The number of amides is 1. The Morgan fingerprint density at radius 3 is 2.53 bits per heavy atom. The van der Waals surface area contributed by atoms with E-state index in [1.165, 1.54) is 0 Å². The Morgan fingerprint density at radius 1 is 1.21 bits per heavy atom. The lowest BCUT2D eigenvalue weighted by atomic mass is 10.1. The van der Waals surface area contributed by atoms with Crippen LogP contribution in [0.25, 0.3) is 0 Å². The predicted molar refractivity (Wildman–Crippen MR) is 75.7 cm³/mol. The van der Waals surface area contributed by atoms with Crippen molar-refractivity contribution in [3.8, 4) is 0 Å². The van der Waals surface area contributed by atoms with Gasteiger partial charge < -0.3 is 4.90 Å². The zero-order valence-corrected chi connectivity index (χ0v) is 11.4. The van der Waals surface area contributed by atoms with Gasteiger partial charge in [-0.2, -0.15) is 0 Å². The molecule has 1 amide bonds. The molecule has 0 N–H and O–H groups in total. The Kier molecular flexibility index (Phi) is 4.53. The van der Waals surface area contributed by atoms with Crippen molar-refractivity contribution < 1.29 is 4.79 Å². The van der Waals surface area contributed by atoms with Gasteiger partial charge in [-0.1, -0.05) is 36.4 Å². The number of likely N-dealkylation sites (N-methyl/N-ethyl adjacent to an activating group) is 1. The summed E-state index contributed by atoms with van der Waals surface area (Å²) in [7, 11) is 1.73. The van der Waals surface area contributed by atoms with Crippen LogP contribution in [0.2, 0.25) is 0 Å². The third-order valence-electron chi connectivity index (χ3n) is 2.81. The van der Waals surface area contributed by atoms with E-state index >= 15 is 0 Å². The predicted octanol–water partition coefficient (Wildman–Crippen LogP) is 3.02. The van der Waals surface area contributed by atoms with Crippen molar-refractivity contribution >= 4 is 17.5 Å². The molecule has 1 aromatic carbocycles. The van der Waals surface area contributed by atoms with Gasteiger partial charge in [-0.05, 0) is 17.7 Å². The van der Waals surface area contributed by atoms with Gasteiger partial charge in [0.1, 0.15) is 5.38 Å². The van der Waals surface area contributed by atoms with Crippen molar-refractivity contribution in [3.63, 3.8) is 0 Å². The van der Waals surface area contributed by atoms with Gasteiger partial charge in [0.15, 0.2) is 0 Å². The molecule has 0 radical (unpaired) electrons. The molecule has 0 aliphatic heterocycles. The third-order valence-corrected chi connectivity index (χ3v) is 3.25. The molecule has 0 saturated heterocycles. The lowest BCUT2D eigenvalue weighted by Gasteiger charge is -2.20. The highest BCUT2D eigenvalue weighted by atomic mass is 35.5. The lowest BCUT2D eigenvalue weighted by molar-refractivity contribution is -0.130. The van der Waals surface area contributed by atoms with Gasteiger partial charge in [-0.25, -0.2) is 0 Å². The Hall–Kier alpha value is -1.87. The highest BCUT2D eigenvalue weighted by Crippen LogP contribution is 2.22. The van der Waals surface area contributed by atoms with E-state index in [1.54, 1.807) is 18.1 Å². The molecule has 0 spiro atoms. The molecule has 0 aliphatic carbocycles. The molecule has 0 fully saturated rings. The number of alkyl halides is 1. The van der Waals surface area contributed by atoms with E-state index < -0.39 is 5.38 Å². The molecule has 0 saturated carbocycles. The summed E-state index contributed by atoms with van der Waals surface area (Å²) in [5.41, 5.74) is 1.65. The van der Waals surface area contributed by atoms with Gasteiger partial charge in [0.25, 0.3) is 0 Å². The van der Waals surface area contributed by atoms with Crippen LogP contribution in [0.3, 0.4) is 0 Å². The first-order valence-electron chi connectivity index (χ1n) is 6.02. The van der Waals surface area contributed by atoms with Gasteiger partial charge >= 0.3 is 0 Å². The van der Waals surface area contributed by atoms with E-state index in [9.17, 15) is 4.79 Å². The van der Waals surface area contributed by atoms with Crippen molar-refractivity contribution in [2.75, 3.05) is 7.05 Å². The smallest absolute Gasteiger partial charge is 0.245 e. The van der Waals surface area contributed by atoms with Gasteiger partial charge in [0.05, 0.1) is 12.2 Å². The molecule has 2 aromatic rings. The summed E-state index contributed by atoms with van der Waals surface area (Å²) < 4.78 is 0. The number of rotatable bonds is 4. The van der Waals surface area contributed by atoms with Gasteiger partial charge in [-0.15, -0.1) is 11.6 Å². The van der Waals surface area contributed by atoms with Crippen LogP contribution in [-0.2, 0) is 11.3 Å². The Labute approximate surface area is 117 Å². The Morgan fingerprint density at radius 2 is 1.89 bits per heavy atom. The minimum absolute atomic E-state index is 0.126. The quantitative estimate of drug-likeness (QED) is 0.803. The van der Waals surface area contributed by atoms with E-state index in [4.69, 9.17) is 11.6 Å². The zero-order valence-electron chi connectivity index (χ0n) is 10.7. The van der Waals surface area contributed by atoms with Crippen molar-refractivity contribution in [2.24, 2.45) is 0 Å². The van der Waals surface area contributed by atoms with E-state index in [-0.39, 0.29) is 5.91 Å². The lowest BCUT2D eigenvalue weighted by Crippen LogP contribution is -2.29. The van der Waals surface area contributed by atoms with E-state index in [0.29, 0.717) is 6.54 Å². The minimum Gasteiger partial charge on any atom is -0.338 e. The van der Waals surface area contributed by atoms with Crippen molar-refractivity contribution in [3.05, 3.63) is 66.0 Å². The number of carbonyl (C=O) groups is 1. The van der Waals surface area contributed by atoms with E-state index in [0.717, 1.165) is 11.3 Å². The van der Waals surface area contributed by atoms with Crippen LogP contribution in [0.4, 0.5) is 0 Å². The molecule has 1 unspecified atom stereocenters. The Bertz CT molecular complexity index is 530. The summed E-state index contributed by atoms with van der Waals surface area (Å²) in [4.78, 5) is 18.0. The van der Waals surface area contributed by atoms with E-state index in [1.807, 2.05) is 48.5 Å². The molecule has 2 rings (SSSR count). The molecule has 1 atom stereocenters. The van der Waals surface area contributed by atoms with E-state index in [2.05, 4.69) is 4.98 Å². The molecule has 98 valence electrons. The summed E-state index contributed by atoms with van der Waals surface area (Å²) in [5.74, 6) is -0.126. The summed E-state index contributed by atoms with van der Waals surface area (Å²) in [6.07, 6.45) is 1.71. The number of hydrogen-bond donors (Lipinski definition) is 0. The van der Waals surface area contributed by atoms with Crippen LogP contribution in [0, 0.1) is 0 Å². The second-order valence-corrected chi connectivity index (χ2v) is 4.73. The summed E-state index contributed by atoms with van der Waals surface area (Å²) in [5, 5.41) is -0.657. The minimum atomic E-state index is -0.657. The zero-order chi connectivity index (χ0) is 13.7. The summed E-state index contributed by atoms with van der Waals surface area (Å²) in [6.45, 7) is 0.454. The first kappa shape index (κ1) is 13.6. The van der Waals surface area contributed by atoms with Crippen LogP contribution in [0.15, 0.2) is 54.7 Å². The molecular weight excluding hydrogens is 260 g/mol. The number of carbonyl (C=O) groups excluding carboxylic acids is 1. The maximum atomic E-state index is 12.2. The molecule has 0 bridgehead atoms. The largest absolute Gasteiger partial charge is 0.338 e. The maximum absolute atomic E-state index is 12.2. The molecule has 0 aliphatic rings.